The van der Waals surface area contributed by atoms with Crippen LogP contribution in [0.1, 0.15) is 12.5 Å². The maximum absolute atomic E-state index is 5.33. The minimum absolute atomic E-state index is 0.514. The van der Waals surface area contributed by atoms with Crippen molar-refractivity contribution in [2.45, 2.75) is 19.4 Å². The number of methoxy groups -OCH3 is 1. The third-order valence-electron chi connectivity index (χ3n) is 2.72. The SMILES string of the molecule is COc1ccccc1CCNC(C)CN(C)C. The molecule has 0 fully saturated rings. The first-order valence-electron chi connectivity index (χ1n) is 6.13. The monoisotopic (exact) mass is 236 g/mol. The van der Waals surface area contributed by atoms with Gasteiger partial charge in [0.1, 0.15) is 5.75 Å². The molecule has 1 rings (SSSR count). The second-order valence-electron chi connectivity index (χ2n) is 4.68. The molecule has 0 radical (unpaired) electrons. The van der Waals surface area contributed by atoms with E-state index in [1.165, 1.54) is 5.56 Å². The minimum atomic E-state index is 0.514. The van der Waals surface area contributed by atoms with Gasteiger partial charge in [-0.3, -0.25) is 0 Å². The van der Waals surface area contributed by atoms with Crippen molar-refractivity contribution in [3.05, 3.63) is 29.8 Å². The molecule has 0 spiro atoms. The molecule has 0 aliphatic carbocycles. The van der Waals surface area contributed by atoms with Crippen LogP contribution in [0.2, 0.25) is 0 Å². The number of ether oxygens (including phenoxy) is 1. The Kier molecular flexibility index (Phi) is 6.01. The predicted octanol–water partition coefficient (Wildman–Crippen LogP) is 1.78. The highest BCUT2D eigenvalue weighted by atomic mass is 16.5. The molecule has 0 aliphatic rings. The molecule has 1 aromatic carbocycles. The van der Waals surface area contributed by atoms with Crippen molar-refractivity contribution in [1.29, 1.82) is 0 Å². The molecule has 0 bridgehead atoms. The average Bonchev–Trinajstić information content (AvgIpc) is 2.28. The van der Waals surface area contributed by atoms with Crippen molar-refractivity contribution in [3.63, 3.8) is 0 Å². The summed E-state index contributed by atoms with van der Waals surface area (Å²) in [5.41, 5.74) is 1.26. The lowest BCUT2D eigenvalue weighted by molar-refractivity contribution is 0.350. The van der Waals surface area contributed by atoms with E-state index in [1.54, 1.807) is 7.11 Å². The maximum atomic E-state index is 5.33. The van der Waals surface area contributed by atoms with Gasteiger partial charge in [0.05, 0.1) is 7.11 Å². The van der Waals surface area contributed by atoms with E-state index in [9.17, 15) is 0 Å². The summed E-state index contributed by atoms with van der Waals surface area (Å²) in [7, 11) is 5.91. The molecule has 1 atom stereocenters. The van der Waals surface area contributed by atoms with Gasteiger partial charge in [-0.1, -0.05) is 18.2 Å². The van der Waals surface area contributed by atoms with Crippen LogP contribution in [0.4, 0.5) is 0 Å². The van der Waals surface area contributed by atoms with Gasteiger partial charge in [-0.25, -0.2) is 0 Å². The Balaban J connectivity index is 2.35. The average molecular weight is 236 g/mol. The largest absolute Gasteiger partial charge is 0.496 e. The first-order valence-corrected chi connectivity index (χ1v) is 6.13. The number of para-hydroxylation sites is 1. The standard InChI is InChI=1S/C14H24N2O/c1-12(11-16(2)3)15-10-9-13-7-5-6-8-14(13)17-4/h5-8,12,15H,9-11H2,1-4H3. The Morgan fingerprint density at radius 3 is 2.65 bits per heavy atom. The third kappa shape index (κ3) is 5.20. The summed E-state index contributed by atoms with van der Waals surface area (Å²) >= 11 is 0. The Morgan fingerprint density at radius 2 is 2.00 bits per heavy atom. The van der Waals surface area contributed by atoms with Crippen molar-refractivity contribution >= 4 is 0 Å². The van der Waals surface area contributed by atoms with Crippen LogP contribution >= 0.6 is 0 Å². The zero-order valence-electron chi connectivity index (χ0n) is 11.4. The first kappa shape index (κ1) is 14.0. The van der Waals surface area contributed by atoms with Gasteiger partial charge in [0, 0.05) is 12.6 Å². The maximum Gasteiger partial charge on any atom is 0.122 e. The molecule has 1 aromatic rings. The summed E-state index contributed by atoms with van der Waals surface area (Å²) in [6, 6.07) is 8.71. The second-order valence-corrected chi connectivity index (χ2v) is 4.68. The Labute approximate surface area is 105 Å². The number of nitrogens with one attached hydrogen (secondary N) is 1. The van der Waals surface area contributed by atoms with E-state index in [-0.39, 0.29) is 0 Å². The van der Waals surface area contributed by atoms with E-state index in [1.807, 2.05) is 12.1 Å². The van der Waals surface area contributed by atoms with Crippen LogP contribution in [0, 0.1) is 0 Å². The first-order chi connectivity index (χ1) is 8.13. The lowest BCUT2D eigenvalue weighted by atomic mass is 10.1. The molecule has 1 N–H and O–H groups in total. The fourth-order valence-corrected chi connectivity index (χ4v) is 1.98. The second kappa shape index (κ2) is 7.30. The van der Waals surface area contributed by atoms with Crippen LogP contribution in [-0.4, -0.2) is 45.2 Å². The van der Waals surface area contributed by atoms with Crippen molar-refractivity contribution in [1.82, 2.24) is 10.2 Å². The molecule has 0 amide bonds. The van der Waals surface area contributed by atoms with Gasteiger partial charge >= 0.3 is 0 Å². The molecule has 0 aliphatic heterocycles. The lowest BCUT2D eigenvalue weighted by Crippen LogP contribution is -2.36. The molecule has 1 unspecified atom stereocenters. The van der Waals surface area contributed by atoms with Gasteiger partial charge in [0.2, 0.25) is 0 Å². The Morgan fingerprint density at radius 1 is 1.29 bits per heavy atom. The molecular weight excluding hydrogens is 212 g/mol. The van der Waals surface area contributed by atoms with Crippen LogP contribution in [-0.2, 0) is 6.42 Å². The zero-order valence-corrected chi connectivity index (χ0v) is 11.4. The normalized spacial score (nSPS) is 12.8. The molecular formula is C14H24N2O. The van der Waals surface area contributed by atoms with Gasteiger partial charge < -0.3 is 15.0 Å². The van der Waals surface area contributed by atoms with Gasteiger partial charge in [-0.15, -0.1) is 0 Å². The molecule has 96 valence electrons. The lowest BCUT2D eigenvalue weighted by Gasteiger charge is -2.18. The van der Waals surface area contributed by atoms with Crippen LogP contribution in [0.25, 0.3) is 0 Å². The summed E-state index contributed by atoms with van der Waals surface area (Å²) in [6.45, 7) is 4.25. The van der Waals surface area contributed by atoms with Crippen LogP contribution in [0.5, 0.6) is 5.75 Å². The van der Waals surface area contributed by atoms with Crippen molar-refractivity contribution in [3.8, 4) is 5.75 Å². The minimum Gasteiger partial charge on any atom is -0.496 e. The number of hydrogen-bond acceptors (Lipinski definition) is 3. The van der Waals surface area contributed by atoms with Crippen molar-refractivity contribution < 1.29 is 4.74 Å². The number of likely N-dealkylation sites (N-methyl/N-ethyl adjacent to an activating group) is 1. The highest BCUT2D eigenvalue weighted by molar-refractivity contribution is 5.33. The molecule has 0 saturated heterocycles. The summed E-state index contributed by atoms with van der Waals surface area (Å²) in [5.74, 6) is 0.981. The molecule has 0 saturated carbocycles. The highest BCUT2D eigenvalue weighted by Crippen LogP contribution is 2.17. The van der Waals surface area contributed by atoms with E-state index >= 15 is 0 Å². The number of rotatable bonds is 7. The quantitative estimate of drug-likeness (QED) is 0.781. The van der Waals surface area contributed by atoms with E-state index in [2.05, 4.69) is 43.4 Å². The Hall–Kier alpha value is -1.06. The summed E-state index contributed by atoms with van der Waals surface area (Å²) in [6.07, 6.45) is 1.00. The van der Waals surface area contributed by atoms with Crippen molar-refractivity contribution in [2.75, 3.05) is 34.3 Å². The van der Waals surface area contributed by atoms with Gasteiger partial charge in [-0.2, -0.15) is 0 Å². The molecule has 17 heavy (non-hydrogen) atoms. The van der Waals surface area contributed by atoms with E-state index in [0.29, 0.717) is 6.04 Å². The summed E-state index contributed by atoms with van der Waals surface area (Å²) in [5, 5.41) is 3.52. The fourth-order valence-electron chi connectivity index (χ4n) is 1.98. The zero-order chi connectivity index (χ0) is 12.7. The van der Waals surface area contributed by atoms with Crippen LogP contribution in [0.15, 0.2) is 24.3 Å². The summed E-state index contributed by atoms with van der Waals surface area (Å²) < 4.78 is 5.33. The third-order valence-corrected chi connectivity index (χ3v) is 2.72. The molecule has 3 nitrogen and oxygen atoms in total. The van der Waals surface area contributed by atoms with Gasteiger partial charge in [0.15, 0.2) is 0 Å². The van der Waals surface area contributed by atoms with E-state index in [0.717, 1.165) is 25.3 Å². The summed E-state index contributed by atoms with van der Waals surface area (Å²) in [4.78, 5) is 2.20. The predicted molar refractivity (Wildman–Crippen MR) is 72.7 cm³/mol. The van der Waals surface area contributed by atoms with E-state index < -0.39 is 0 Å². The number of nitrogens with zero attached hydrogens (tertiary/aromatic N) is 1. The van der Waals surface area contributed by atoms with E-state index in [4.69, 9.17) is 4.74 Å². The topological polar surface area (TPSA) is 24.5 Å². The highest BCUT2D eigenvalue weighted by Gasteiger charge is 2.04. The van der Waals surface area contributed by atoms with Gasteiger partial charge in [0.25, 0.3) is 0 Å². The van der Waals surface area contributed by atoms with Gasteiger partial charge in [-0.05, 0) is 45.6 Å². The van der Waals surface area contributed by atoms with Crippen LogP contribution < -0.4 is 10.1 Å². The molecule has 0 heterocycles. The smallest absolute Gasteiger partial charge is 0.122 e. The van der Waals surface area contributed by atoms with Crippen molar-refractivity contribution in [2.24, 2.45) is 0 Å². The number of hydrogen-bond donors (Lipinski definition) is 1. The van der Waals surface area contributed by atoms with Crippen LogP contribution in [0.3, 0.4) is 0 Å². The fraction of sp³-hybridized carbons (Fsp3) is 0.571. The number of benzene rings is 1. The molecule has 0 aromatic heterocycles. The Bertz CT molecular complexity index is 326. The molecule has 3 heteroatoms.